The summed E-state index contributed by atoms with van der Waals surface area (Å²) in [5, 5.41) is 9.69. The van der Waals surface area contributed by atoms with Crippen LogP contribution in [0.2, 0.25) is 0 Å². The van der Waals surface area contributed by atoms with Crippen molar-refractivity contribution in [2.24, 2.45) is 0 Å². The first-order valence-corrected chi connectivity index (χ1v) is 9.42. The third-order valence-corrected chi connectivity index (χ3v) is 4.55. The Morgan fingerprint density at radius 3 is 2.31 bits per heavy atom. The molecule has 0 aliphatic carbocycles. The van der Waals surface area contributed by atoms with Crippen molar-refractivity contribution < 1.29 is 24.1 Å². The molecule has 3 rings (SSSR count). The van der Waals surface area contributed by atoms with E-state index < -0.39 is 11.9 Å². The number of methoxy groups -OCH3 is 1. The molecule has 1 N–H and O–H groups in total. The summed E-state index contributed by atoms with van der Waals surface area (Å²) in [4.78, 5) is 11.8. The zero-order chi connectivity index (χ0) is 20.5. The van der Waals surface area contributed by atoms with E-state index in [2.05, 4.69) is 0 Å². The van der Waals surface area contributed by atoms with Crippen molar-refractivity contribution in [3.8, 4) is 17.2 Å². The van der Waals surface area contributed by atoms with Crippen LogP contribution in [0.1, 0.15) is 17.0 Å². The lowest BCUT2D eigenvalue weighted by molar-refractivity contribution is -0.138. The molecule has 0 heterocycles. The number of hydrogen-bond acceptors (Lipinski definition) is 4. The molecule has 5 heteroatoms. The molecule has 0 saturated carbocycles. The highest BCUT2D eigenvalue weighted by Gasteiger charge is 2.21. The lowest BCUT2D eigenvalue weighted by Crippen LogP contribution is -2.16. The van der Waals surface area contributed by atoms with E-state index in [0.29, 0.717) is 31.1 Å². The molecule has 29 heavy (non-hydrogen) atoms. The Morgan fingerprint density at radius 2 is 1.55 bits per heavy atom. The van der Waals surface area contributed by atoms with Crippen LogP contribution in [0.4, 0.5) is 0 Å². The van der Waals surface area contributed by atoms with Crippen LogP contribution < -0.4 is 14.2 Å². The number of carboxylic acid groups (broad SMARTS) is 1. The maximum Gasteiger partial charge on any atom is 0.311 e. The van der Waals surface area contributed by atoms with Crippen molar-refractivity contribution >= 4 is 5.97 Å². The van der Waals surface area contributed by atoms with Gasteiger partial charge in [-0.25, -0.2) is 0 Å². The second kappa shape index (κ2) is 10.2. The highest BCUT2D eigenvalue weighted by Crippen LogP contribution is 2.27. The number of aliphatic carboxylic acids is 1. The molecule has 0 aliphatic heterocycles. The fraction of sp³-hybridized carbons (Fsp3) is 0.208. The Balaban J connectivity index is 1.61. The van der Waals surface area contributed by atoms with E-state index in [4.69, 9.17) is 14.2 Å². The first kappa shape index (κ1) is 20.3. The molecule has 3 aromatic carbocycles. The number of ether oxygens (including phenoxy) is 3. The molecule has 150 valence electrons. The smallest absolute Gasteiger partial charge is 0.311 e. The van der Waals surface area contributed by atoms with Gasteiger partial charge in [0.2, 0.25) is 0 Å². The number of carbonyl (C=O) groups is 1. The minimum Gasteiger partial charge on any atom is -0.497 e. The summed E-state index contributed by atoms with van der Waals surface area (Å²) in [7, 11) is 1.61. The van der Waals surface area contributed by atoms with Gasteiger partial charge < -0.3 is 19.3 Å². The van der Waals surface area contributed by atoms with E-state index in [1.54, 1.807) is 7.11 Å². The van der Waals surface area contributed by atoms with Crippen molar-refractivity contribution in [3.05, 3.63) is 90.0 Å². The molecule has 0 bridgehead atoms. The first-order chi connectivity index (χ1) is 14.2. The van der Waals surface area contributed by atoms with E-state index in [9.17, 15) is 9.90 Å². The minimum atomic E-state index is -0.854. The topological polar surface area (TPSA) is 65.0 Å². The zero-order valence-corrected chi connectivity index (χ0v) is 16.3. The predicted octanol–water partition coefficient (Wildman–Crippen LogP) is 4.56. The van der Waals surface area contributed by atoms with Crippen LogP contribution in [0, 0.1) is 0 Å². The lowest BCUT2D eigenvalue weighted by Gasteiger charge is -2.16. The third-order valence-electron chi connectivity index (χ3n) is 4.55. The molecule has 0 aromatic heterocycles. The third kappa shape index (κ3) is 5.75. The molecule has 0 saturated heterocycles. The Kier molecular flexibility index (Phi) is 7.11. The number of rotatable bonds is 10. The molecule has 3 aromatic rings. The summed E-state index contributed by atoms with van der Waals surface area (Å²) >= 11 is 0. The van der Waals surface area contributed by atoms with Crippen molar-refractivity contribution in [3.63, 3.8) is 0 Å². The first-order valence-electron chi connectivity index (χ1n) is 9.42. The molecule has 0 amide bonds. The minimum absolute atomic E-state index is 0.345. The van der Waals surface area contributed by atoms with Crippen LogP contribution in [0.5, 0.6) is 17.2 Å². The van der Waals surface area contributed by atoms with Crippen LogP contribution in [0.3, 0.4) is 0 Å². The van der Waals surface area contributed by atoms with Gasteiger partial charge in [-0.2, -0.15) is 0 Å². The SMILES string of the molecule is COc1cccc(OCCOc2ccccc2CC(C(=O)O)c2ccccc2)c1. The summed E-state index contributed by atoms with van der Waals surface area (Å²) in [6.07, 6.45) is 0.353. The van der Waals surface area contributed by atoms with Crippen molar-refractivity contribution in [1.29, 1.82) is 0 Å². The largest absolute Gasteiger partial charge is 0.497 e. The Morgan fingerprint density at radius 1 is 0.862 bits per heavy atom. The van der Waals surface area contributed by atoms with Gasteiger partial charge in [0, 0.05) is 6.07 Å². The van der Waals surface area contributed by atoms with E-state index >= 15 is 0 Å². The van der Waals surface area contributed by atoms with Gasteiger partial charge in [0.15, 0.2) is 0 Å². The van der Waals surface area contributed by atoms with E-state index in [1.807, 2.05) is 78.9 Å². The summed E-state index contributed by atoms with van der Waals surface area (Å²) in [6, 6.07) is 24.1. The van der Waals surface area contributed by atoms with E-state index in [0.717, 1.165) is 16.9 Å². The van der Waals surface area contributed by atoms with Crippen LogP contribution in [-0.2, 0) is 11.2 Å². The van der Waals surface area contributed by atoms with Gasteiger partial charge in [-0.3, -0.25) is 4.79 Å². The van der Waals surface area contributed by atoms with E-state index in [1.165, 1.54) is 0 Å². The zero-order valence-electron chi connectivity index (χ0n) is 16.3. The number of hydrogen-bond donors (Lipinski definition) is 1. The van der Waals surface area contributed by atoms with Gasteiger partial charge in [-0.15, -0.1) is 0 Å². The summed E-state index contributed by atoms with van der Waals surface area (Å²) < 4.78 is 16.8. The van der Waals surface area contributed by atoms with Gasteiger partial charge >= 0.3 is 5.97 Å². The maximum atomic E-state index is 11.8. The van der Waals surface area contributed by atoms with Crippen LogP contribution in [0.15, 0.2) is 78.9 Å². The van der Waals surface area contributed by atoms with Gasteiger partial charge in [-0.05, 0) is 35.7 Å². The monoisotopic (exact) mass is 392 g/mol. The van der Waals surface area contributed by atoms with Gasteiger partial charge in [0.25, 0.3) is 0 Å². The Labute approximate surface area is 170 Å². The van der Waals surface area contributed by atoms with Crippen molar-refractivity contribution in [1.82, 2.24) is 0 Å². The van der Waals surface area contributed by atoms with Crippen LogP contribution in [-0.4, -0.2) is 31.4 Å². The lowest BCUT2D eigenvalue weighted by atomic mass is 9.92. The number of para-hydroxylation sites is 1. The standard InChI is InChI=1S/C24H24O5/c1-27-20-11-7-12-21(17-20)28-14-15-29-23-13-6-5-10-19(23)16-22(24(25)26)18-8-3-2-4-9-18/h2-13,17,22H,14-16H2,1H3,(H,25,26). The Hall–Kier alpha value is -3.47. The van der Waals surface area contributed by atoms with Gasteiger partial charge in [-0.1, -0.05) is 54.6 Å². The fourth-order valence-electron chi connectivity index (χ4n) is 3.07. The second-order valence-electron chi connectivity index (χ2n) is 6.49. The molecule has 0 radical (unpaired) electrons. The normalized spacial score (nSPS) is 11.5. The molecule has 0 aliphatic rings. The highest BCUT2D eigenvalue weighted by molar-refractivity contribution is 5.76. The van der Waals surface area contributed by atoms with Crippen molar-refractivity contribution in [2.45, 2.75) is 12.3 Å². The van der Waals surface area contributed by atoms with Gasteiger partial charge in [0.05, 0.1) is 13.0 Å². The van der Waals surface area contributed by atoms with Crippen LogP contribution >= 0.6 is 0 Å². The highest BCUT2D eigenvalue weighted by atomic mass is 16.5. The molecule has 0 fully saturated rings. The average molecular weight is 392 g/mol. The molecule has 0 spiro atoms. The Bertz CT molecular complexity index is 923. The molecular formula is C24H24O5. The van der Waals surface area contributed by atoms with Crippen LogP contribution in [0.25, 0.3) is 0 Å². The molecule has 1 atom stereocenters. The quantitative estimate of drug-likeness (QED) is 0.512. The second-order valence-corrected chi connectivity index (χ2v) is 6.49. The summed E-state index contributed by atoms with van der Waals surface area (Å²) in [5.74, 6) is 0.621. The fourth-order valence-corrected chi connectivity index (χ4v) is 3.07. The van der Waals surface area contributed by atoms with Gasteiger partial charge in [0.1, 0.15) is 30.5 Å². The number of benzene rings is 3. The predicted molar refractivity (Wildman–Crippen MR) is 111 cm³/mol. The maximum absolute atomic E-state index is 11.8. The number of carboxylic acids is 1. The molecule has 1 unspecified atom stereocenters. The molecule has 5 nitrogen and oxygen atoms in total. The molecular weight excluding hydrogens is 368 g/mol. The van der Waals surface area contributed by atoms with Crippen molar-refractivity contribution in [2.75, 3.05) is 20.3 Å². The average Bonchev–Trinajstić information content (AvgIpc) is 2.76. The summed E-state index contributed by atoms with van der Waals surface area (Å²) in [6.45, 7) is 0.708. The summed E-state index contributed by atoms with van der Waals surface area (Å²) in [5.41, 5.74) is 1.63. The van der Waals surface area contributed by atoms with E-state index in [-0.39, 0.29) is 0 Å².